The number of aliphatic hydroxyl groups is 1. The first-order chi connectivity index (χ1) is 10.2. The summed E-state index contributed by atoms with van der Waals surface area (Å²) in [4.78, 5) is 14.4. The Labute approximate surface area is 125 Å². The molecule has 0 bridgehead atoms. The first-order valence-electron chi connectivity index (χ1n) is 7.35. The number of aryl methyl sites for hydroxylation is 1. The smallest absolute Gasteiger partial charge is 0.253 e. The number of nitrogens with zero attached hydrogens (tertiary/aromatic N) is 1. The van der Waals surface area contributed by atoms with Gasteiger partial charge in [0.15, 0.2) is 0 Å². The fraction of sp³-hybridized carbons (Fsp3) is 0.471. The number of rotatable bonds is 2. The Morgan fingerprint density at radius 3 is 3.05 bits per heavy atom. The van der Waals surface area contributed by atoms with Crippen LogP contribution in [0.25, 0.3) is 0 Å². The van der Waals surface area contributed by atoms with Crippen LogP contribution in [0.4, 0.5) is 0 Å². The Hall–Kier alpha value is -1.83. The standard InChI is InChI=1S/C17H22N2O2/c1-13-6-7-16(10-15(13)5-2-8-18)17(21)19-9-3-4-14(11-19)12-20/h6-7,10,14,20H,3-4,8-9,11-12,18H2,1H3. The van der Waals surface area contributed by atoms with E-state index in [1.807, 2.05) is 30.0 Å². The number of amides is 1. The van der Waals surface area contributed by atoms with Gasteiger partial charge >= 0.3 is 0 Å². The SMILES string of the molecule is Cc1ccc(C(=O)N2CCCC(CO)C2)cc1C#CCN. The number of hydrogen-bond donors (Lipinski definition) is 2. The fourth-order valence-electron chi connectivity index (χ4n) is 2.62. The molecular weight excluding hydrogens is 264 g/mol. The molecule has 3 N–H and O–H groups in total. The van der Waals surface area contributed by atoms with E-state index >= 15 is 0 Å². The van der Waals surface area contributed by atoms with Crippen molar-refractivity contribution in [3.8, 4) is 11.8 Å². The van der Waals surface area contributed by atoms with Crippen LogP contribution in [-0.2, 0) is 0 Å². The van der Waals surface area contributed by atoms with E-state index in [4.69, 9.17) is 5.73 Å². The van der Waals surface area contributed by atoms with Crippen molar-refractivity contribution in [3.63, 3.8) is 0 Å². The van der Waals surface area contributed by atoms with E-state index in [0.717, 1.165) is 30.5 Å². The summed E-state index contributed by atoms with van der Waals surface area (Å²) in [5.74, 6) is 6.05. The maximum atomic E-state index is 12.6. The highest BCUT2D eigenvalue weighted by Gasteiger charge is 2.24. The molecule has 4 nitrogen and oxygen atoms in total. The van der Waals surface area contributed by atoms with Gasteiger partial charge in [-0.25, -0.2) is 0 Å². The van der Waals surface area contributed by atoms with Gasteiger partial charge in [-0.15, -0.1) is 0 Å². The lowest BCUT2D eigenvalue weighted by Gasteiger charge is -2.32. The zero-order chi connectivity index (χ0) is 15.2. The minimum absolute atomic E-state index is 0.0175. The lowest BCUT2D eigenvalue weighted by molar-refractivity contribution is 0.0620. The number of carbonyl (C=O) groups is 1. The molecule has 0 radical (unpaired) electrons. The van der Waals surface area contributed by atoms with E-state index < -0.39 is 0 Å². The van der Waals surface area contributed by atoms with Gasteiger partial charge in [0.2, 0.25) is 0 Å². The van der Waals surface area contributed by atoms with Gasteiger partial charge in [0.1, 0.15) is 0 Å². The number of likely N-dealkylation sites (tertiary alicyclic amines) is 1. The Morgan fingerprint density at radius 2 is 2.33 bits per heavy atom. The first-order valence-corrected chi connectivity index (χ1v) is 7.35. The van der Waals surface area contributed by atoms with Crippen molar-refractivity contribution in [3.05, 3.63) is 34.9 Å². The van der Waals surface area contributed by atoms with Crippen molar-refractivity contribution >= 4 is 5.91 Å². The van der Waals surface area contributed by atoms with E-state index in [0.29, 0.717) is 18.7 Å². The lowest BCUT2D eigenvalue weighted by atomic mass is 9.97. The second kappa shape index (κ2) is 7.26. The summed E-state index contributed by atoms with van der Waals surface area (Å²) in [5.41, 5.74) is 7.94. The zero-order valence-corrected chi connectivity index (χ0v) is 12.4. The predicted octanol–water partition coefficient (Wildman–Crippen LogP) is 1.15. The molecule has 1 aromatic carbocycles. The molecule has 2 rings (SSSR count). The molecular formula is C17H22N2O2. The Bertz CT molecular complexity index is 572. The highest BCUT2D eigenvalue weighted by Crippen LogP contribution is 2.19. The van der Waals surface area contributed by atoms with Crippen LogP contribution in [0.2, 0.25) is 0 Å². The van der Waals surface area contributed by atoms with E-state index in [1.165, 1.54) is 0 Å². The number of benzene rings is 1. The van der Waals surface area contributed by atoms with Crippen molar-refractivity contribution in [2.75, 3.05) is 26.2 Å². The number of nitrogens with two attached hydrogens (primary N) is 1. The van der Waals surface area contributed by atoms with Crippen LogP contribution in [-0.4, -0.2) is 42.2 Å². The lowest BCUT2D eigenvalue weighted by Crippen LogP contribution is -2.40. The quantitative estimate of drug-likeness (QED) is 0.802. The third kappa shape index (κ3) is 3.84. The van der Waals surface area contributed by atoms with E-state index in [9.17, 15) is 9.90 Å². The fourth-order valence-corrected chi connectivity index (χ4v) is 2.62. The van der Waals surface area contributed by atoms with Gasteiger partial charge in [0.25, 0.3) is 5.91 Å². The van der Waals surface area contributed by atoms with E-state index in [1.54, 1.807) is 0 Å². The highest BCUT2D eigenvalue weighted by molar-refractivity contribution is 5.94. The molecule has 1 atom stereocenters. The van der Waals surface area contributed by atoms with Gasteiger partial charge in [-0.1, -0.05) is 17.9 Å². The minimum Gasteiger partial charge on any atom is -0.396 e. The average molecular weight is 286 g/mol. The van der Waals surface area contributed by atoms with Crippen LogP contribution < -0.4 is 5.73 Å². The van der Waals surface area contributed by atoms with Crippen molar-refractivity contribution in [1.82, 2.24) is 4.90 Å². The molecule has 1 fully saturated rings. The molecule has 21 heavy (non-hydrogen) atoms. The Kier molecular flexibility index (Phi) is 5.38. The van der Waals surface area contributed by atoms with Crippen molar-refractivity contribution in [1.29, 1.82) is 0 Å². The molecule has 1 amide bonds. The molecule has 1 aliphatic rings. The Morgan fingerprint density at radius 1 is 1.52 bits per heavy atom. The van der Waals surface area contributed by atoms with Gasteiger partial charge in [-0.05, 0) is 43.4 Å². The summed E-state index contributed by atoms with van der Waals surface area (Å²) >= 11 is 0. The van der Waals surface area contributed by atoms with E-state index in [2.05, 4.69) is 11.8 Å². The third-order valence-electron chi connectivity index (χ3n) is 3.87. The maximum Gasteiger partial charge on any atom is 0.253 e. The summed E-state index contributed by atoms with van der Waals surface area (Å²) < 4.78 is 0. The molecule has 4 heteroatoms. The molecule has 1 saturated heterocycles. The van der Waals surface area contributed by atoms with Gasteiger partial charge < -0.3 is 15.7 Å². The molecule has 1 unspecified atom stereocenters. The summed E-state index contributed by atoms with van der Waals surface area (Å²) in [7, 11) is 0. The minimum atomic E-state index is 0.0175. The Balaban J connectivity index is 2.19. The van der Waals surface area contributed by atoms with Gasteiger partial charge in [0.05, 0.1) is 6.54 Å². The third-order valence-corrected chi connectivity index (χ3v) is 3.87. The van der Waals surface area contributed by atoms with Crippen molar-refractivity contribution in [2.45, 2.75) is 19.8 Å². The number of piperidine rings is 1. The van der Waals surface area contributed by atoms with E-state index in [-0.39, 0.29) is 18.4 Å². The van der Waals surface area contributed by atoms with Crippen LogP contribution in [0.5, 0.6) is 0 Å². The summed E-state index contributed by atoms with van der Waals surface area (Å²) in [6, 6.07) is 5.60. The van der Waals surface area contributed by atoms with Gasteiger partial charge in [-0.2, -0.15) is 0 Å². The second-order valence-electron chi connectivity index (χ2n) is 5.48. The van der Waals surface area contributed by atoms with Crippen molar-refractivity contribution in [2.24, 2.45) is 11.7 Å². The molecule has 0 aromatic heterocycles. The van der Waals surface area contributed by atoms with Gasteiger partial charge in [-0.3, -0.25) is 4.79 Å². The molecule has 1 aromatic rings. The normalized spacial score (nSPS) is 18.0. The van der Waals surface area contributed by atoms with Crippen LogP contribution in [0.1, 0.15) is 34.3 Å². The highest BCUT2D eigenvalue weighted by atomic mass is 16.3. The van der Waals surface area contributed by atoms with Crippen LogP contribution in [0.15, 0.2) is 18.2 Å². The predicted molar refractivity (Wildman–Crippen MR) is 82.8 cm³/mol. The zero-order valence-electron chi connectivity index (χ0n) is 12.4. The summed E-state index contributed by atoms with van der Waals surface area (Å²) in [6.07, 6.45) is 1.93. The number of hydrogen-bond acceptors (Lipinski definition) is 3. The maximum absolute atomic E-state index is 12.6. The molecule has 112 valence electrons. The second-order valence-corrected chi connectivity index (χ2v) is 5.48. The number of carbonyl (C=O) groups excluding carboxylic acids is 1. The van der Waals surface area contributed by atoms with Gasteiger partial charge in [0, 0.05) is 30.8 Å². The molecule has 0 spiro atoms. The largest absolute Gasteiger partial charge is 0.396 e. The van der Waals surface area contributed by atoms with Crippen LogP contribution >= 0.6 is 0 Å². The van der Waals surface area contributed by atoms with Crippen molar-refractivity contribution < 1.29 is 9.90 Å². The summed E-state index contributed by atoms with van der Waals surface area (Å²) in [6.45, 7) is 3.81. The molecule has 1 heterocycles. The molecule has 0 saturated carbocycles. The topological polar surface area (TPSA) is 66.6 Å². The monoisotopic (exact) mass is 286 g/mol. The average Bonchev–Trinajstić information content (AvgIpc) is 2.53. The van der Waals surface area contributed by atoms with Crippen LogP contribution in [0.3, 0.4) is 0 Å². The number of aliphatic hydroxyl groups excluding tert-OH is 1. The first kappa shape index (κ1) is 15.6. The van der Waals surface area contributed by atoms with Crippen LogP contribution in [0, 0.1) is 24.7 Å². The molecule has 1 aliphatic heterocycles. The summed E-state index contributed by atoms with van der Waals surface area (Å²) in [5, 5.41) is 9.27. The molecule has 0 aliphatic carbocycles.